The molecule has 5 rings (SSSR count). The summed E-state index contributed by atoms with van der Waals surface area (Å²) in [7, 11) is 0. The van der Waals surface area contributed by atoms with Crippen LogP contribution >= 0.6 is 0 Å². The molecule has 6 heteroatoms. The summed E-state index contributed by atoms with van der Waals surface area (Å²) in [6, 6.07) is 0. The highest BCUT2D eigenvalue weighted by Gasteiger charge is 2.63. The molecule has 0 aromatic rings. The van der Waals surface area contributed by atoms with Crippen LogP contribution in [0, 0.1) is 46.3 Å². The molecular formula is C27H41N3O3. The van der Waals surface area contributed by atoms with E-state index in [9.17, 15) is 15.0 Å². The fraction of sp³-hybridized carbons (Fsp3) is 0.852. The highest BCUT2D eigenvalue weighted by Crippen LogP contribution is 2.68. The predicted molar refractivity (Wildman–Crippen MR) is 130 cm³/mol. The van der Waals surface area contributed by atoms with Crippen molar-refractivity contribution in [3.05, 3.63) is 0 Å². The molecule has 0 spiro atoms. The van der Waals surface area contributed by atoms with Crippen molar-refractivity contribution in [3.63, 3.8) is 0 Å². The Bertz CT molecular complexity index is 855. The Labute approximate surface area is 198 Å². The van der Waals surface area contributed by atoms with Gasteiger partial charge in [0.05, 0.1) is 12.2 Å². The molecule has 0 aromatic heterocycles. The monoisotopic (exact) mass is 455 g/mol. The van der Waals surface area contributed by atoms with E-state index < -0.39 is 0 Å². The zero-order chi connectivity index (χ0) is 23.4. The van der Waals surface area contributed by atoms with Crippen molar-refractivity contribution >= 4 is 24.3 Å². The van der Waals surface area contributed by atoms with Gasteiger partial charge in [-0.2, -0.15) is 4.99 Å². The highest BCUT2D eigenvalue weighted by atomic mass is 16.3. The molecule has 0 saturated heterocycles. The number of fused-ring (bicyclic) bond motifs is 5. The number of aliphatic hydroxyl groups is 2. The van der Waals surface area contributed by atoms with E-state index in [-0.39, 0.29) is 34.9 Å². The standard InChI is InChI=1S/C27H41N3O3/c1-16(4-9-24(33)30-25-28-12-13-29-25)20-7-8-21-19-6-5-17-14-18(31)10-11-26(17,2)22(19)15-23(32)27(20,21)3/h12-13,16-23,31-32H,4-11,14-15H2,1-3H3. The molecule has 5 aliphatic rings. The van der Waals surface area contributed by atoms with Gasteiger partial charge in [-0.25, -0.2) is 9.98 Å². The summed E-state index contributed by atoms with van der Waals surface area (Å²) in [5.74, 6) is 3.38. The lowest BCUT2D eigenvalue weighted by Crippen LogP contribution is -2.58. The molecule has 4 saturated carbocycles. The van der Waals surface area contributed by atoms with Gasteiger partial charge in [0.1, 0.15) is 0 Å². The van der Waals surface area contributed by atoms with Crippen molar-refractivity contribution in [2.45, 2.75) is 97.2 Å². The minimum absolute atomic E-state index is 0.0626. The minimum atomic E-state index is -0.278. The first-order valence-corrected chi connectivity index (χ1v) is 13.3. The van der Waals surface area contributed by atoms with Gasteiger partial charge >= 0.3 is 0 Å². The first-order valence-electron chi connectivity index (χ1n) is 13.3. The number of carbonyl (C=O) groups is 1. The fourth-order valence-corrected chi connectivity index (χ4v) is 9.17. The first kappa shape index (κ1) is 23.3. The Morgan fingerprint density at radius 2 is 1.85 bits per heavy atom. The maximum atomic E-state index is 12.3. The molecule has 0 aromatic carbocycles. The molecule has 10 unspecified atom stereocenters. The number of rotatable bonds is 4. The summed E-state index contributed by atoms with van der Waals surface area (Å²) in [5, 5.41) is 21.9. The Morgan fingerprint density at radius 1 is 1.09 bits per heavy atom. The van der Waals surface area contributed by atoms with Crippen molar-refractivity contribution in [3.8, 4) is 0 Å². The van der Waals surface area contributed by atoms with E-state index in [1.807, 2.05) is 0 Å². The summed E-state index contributed by atoms with van der Waals surface area (Å²) in [5.41, 5.74) is 0.206. The van der Waals surface area contributed by atoms with E-state index >= 15 is 0 Å². The van der Waals surface area contributed by atoms with Crippen LogP contribution in [0.1, 0.15) is 85.0 Å². The lowest BCUT2D eigenvalue weighted by molar-refractivity contribution is -0.174. The summed E-state index contributed by atoms with van der Waals surface area (Å²) in [6.07, 6.45) is 12.6. The van der Waals surface area contributed by atoms with Crippen LogP contribution in [0.25, 0.3) is 0 Å². The molecule has 33 heavy (non-hydrogen) atoms. The van der Waals surface area contributed by atoms with Gasteiger partial charge in [-0.15, -0.1) is 0 Å². The van der Waals surface area contributed by atoms with Gasteiger partial charge in [-0.1, -0.05) is 20.8 Å². The molecule has 2 N–H and O–H groups in total. The lowest BCUT2D eigenvalue weighted by Gasteiger charge is -2.62. The van der Waals surface area contributed by atoms with Crippen LogP contribution < -0.4 is 0 Å². The van der Waals surface area contributed by atoms with Crippen molar-refractivity contribution in [2.24, 2.45) is 61.3 Å². The zero-order valence-electron chi connectivity index (χ0n) is 20.5. The maximum Gasteiger partial charge on any atom is 0.252 e. The van der Waals surface area contributed by atoms with Crippen molar-refractivity contribution in [2.75, 3.05) is 0 Å². The fourth-order valence-electron chi connectivity index (χ4n) is 9.17. The number of nitrogens with zero attached hydrogens (tertiary/aromatic N) is 3. The molecule has 1 heterocycles. The van der Waals surface area contributed by atoms with Gasteiger partial charge in [-0.05, 0) is 104 Å². The summed E-state index contributed by atoms with van der Waals surface area (Å²) < 4.78 is 0. The largest absolute Gasteiger partial charge is 0.393 e. The van der Waals surface area contributed by atoms with Crippen LogP contribution in [0.15, 0.2) is 15.0 Å². The van der Waals surface area contributed by atoms with E-state index in [1.165, 1.54) is 19.3 Å². The van der Waals surface area contributed by atoms with Gasteiger partial charge in [0.25, 0.3) is 5.96 Å². The van der Waals surface area contributed by atoms with Crippen LogP contribution in [-0.4, -0.2) is 46.7 Å². The third kappa shape index (κ3) is 3.85. The Balaban J connectivity index is 1.28. The van der Waals surface area contributed by atoms with E-state index in [4.69, 9.17) is 0 Å². The van der Waals surface area contributed by atoms with E-state index in [0.29, 0.717) is 41.9 Å². The molecular weight excluding hydrogens is 414 g/mol. The van der Waals surface area contributed by atoms with E-state index in [0.717, 1.165) is 38.5 Å². The molecule has 6 nitrogen and oxygen atoms in total. The average Bonchev–Trinajstić information content (AvgIpc) is 3.41. The van der Waals surface area contributed by atoms with Gasteiger partial charge in [0.15, 0.2) is 0 Å². The van der Waals surface area contributed by atoms with Crippen molar-refractivity contribution in [1.82, 2.24) is 0 Å². The van der Waals surface area contributed by atoms with Gasteiger partial charge in [0, 0.05) is 18.9 Å². The van der Waals surface area contributed by atoms with Crippen LogP contribution in [0.2, 0.25) is 0 Å². The first-order chi connectivity index (χ1) is 15.7. The normalized spacial score (nSPS) is 47.1. The minimum Gasteiger partial charge on any atom is -0.393 e. The van der Waals surface area contributed by atoms with Crippen LogP contribution in [0.4, 0.5) is 0 Å². The second-order valence-electron chi connectivity index (χ2n) is 12.3. The van der Waals surface area contributed by atoms with Gasteiger partial charge < -0.3 is 10.2 Å². The molecule has 4 fully saturated rings. The van der Waals surface area contributed by atoms with Crippen LogP contribution in [-0.2, 0) is 4.79 Å². The number of guanidine groups is 1. The second kappa shape index (κ2) is 8.67. The van der Waals surface area contributed by atoms with Crippen molar-refractivity contribution in [1.29, 1.82) is 0 Å². The molecule has 1 aliphatic heterocycles. The Kier molecular flexibility index (Phi) is 6.14. The maximum absolute atomic E-state index is 12.3. The third-order valence-electron chi connectivity index (χ3n) is 11.0. The number of hydrogen-bond donors (Lipinski definition) is 2. The summed E-state index contributed by atoms with van der Waals surface area (Å²) in [6.45, 7) is 7.09. The summed E-state index contributed by atoms with van der Waals surface area (Å²) >= 11 is 0. The molecule has 0 radical (unpaired) electrons. The van der Waals surface area contributed by atoms with Crippen LogP contribution in [0.3, 0.4) is 0 Å². The highest BCUT2D eigenvalue weighted by molar-refractivity contribution is 6.26. The Hall–Kier alpha value is -1.40. The van der Waals surface area contributed by atoms with Crippen molar-refractivity contribution < 1.29 is 15.0 Å². The molecule has 0 bridgehead atoms. The molecule has 10 atom stereocenters. The second-order valence-corrected chi connectivity index (χ2v) is 12.3. The molecule has 182 valence electrons. The van der Waals surface area contributed by atoms with E-state index in [2.05, 4.69) is 35.7 Å². The van der Waals surface area contributed by atoms with Crippen LogP contribution in [0.5, 0.6) is 0 Å². The van der Waals surface area contributed by atoms with Gasteiger partial charge in [0.2, 0.25) is 5.91 Å². The van der Waals surface area contributed by atoms with Gasteiger partial charge in [-0.3, -0.25) is 4.79 Å². The smallest absolute Gasteiger partial charge is 0.252 e. The zero-order valence-corrected chi connectivity index (χ0v) is 20.5. The number of hydrogen-bond acceptors (Lipinski definition) is 3. The SMILES string of the molecule is CC(CCC(=O)N=C1N=CC=N1)C1CCC2C3CCC4CC(O)CCC4(C)C3CC(O)C12C. The lowest BCUT2D eigenvalue weighted by atomic mass is 9.43. The quantitative estimate of drug-likeness (QED) is 0.656. The number of carbonyl (C=O) groups excluding carboxylic acids is 1. The topological polar surface area (TPSA) is 94.6 Å². The van der Waals surface area contributed by atoms with E-state index in [1.54, 1.807) is 12.4 Å². The Morgan fingerprint density at radius 3 is 2.61 bits per heavy atom. The average molecular weight is 456 g/mol. The summed E-state index contributed by atoms with van der Waals surface area (Å²) in [4.78, 5) is 24.3. The number of amides is 1. The molecule has 1 amide bonds. The number of aliphatic imine (C=N–C) groups is 3. The third-order valence-corrected chi connectivity index (χ3v) is 11.0. The number of aliphatic hydroxyl groups excluding tert-OH is 2. The molecule has 4 aliphatic carbocycles. The predicted octanol–water partition coefficient (Wildman–Crippen LogP) is 4.43.